The number of allylic oxidation sites excluding steroid dienone is 6. The molecule has 0 N–H and O–H groups in total. The zero-order valence-corrected chi connectivity index (χ0v) is 31.7. The van der Waals surface area contributed by atoms with Crippen LogP contribution in [0.15, 0.2) is 72.9 Å². The maximum atomic E-state index is 4.24. The van der Waals surface area contributed by atoms with E-state index in [0.717, 1.165) is 47.3 Å². The Labute approximate surface area is 299 Å². The summed E-state index contributed by atoms with van der Waals surface area (Å²) in [6.45, 7) is 25.3. The lowest BCUT2D eigenvalue weighted by Gasteiger charge is -2.37. The highest BCUT2D eigenvalue weighted by Crippen LogP contribution is 2.45. The molecule has 6 rings (SSSR count). The van der Waals surface area contributed by atoms with Crippen LogP contribution in [-0.2, 0) is 0 Å². The molecule has 0 aromatic rings. The minimum atomic E-state index is 0.976. The SMILES string of the molecule is C=C1CCC(CC(CC2CCC(=C)CC2)C2CCC(=C)CC2)CC1.C=C1CCC(CC(CC2CCC(=C)CC2)C2CCC(=C)CC2)CC1. The second-order valence-corrected chi connectivity index (χ2v) is 18.4. The Bertz CT molecular complexity index is 905. The average Bonchev–Trinajstić information content (AvgIpc) is 3.09. The zero-order chi connectivity index (χ0) is 33.9. The molecule has 0 aromatic carbocycles. The highest BCUT2D eigenvalue weighted by molar-refractivity contribution is 5.04. The molecule has 0 amide bonds. The van der Waals surface area contributed by atoms with Gasteiger partial charge in [0, 0.05) is 0 Å². The van der Waals surface area contributed by atoms with Gasteiger partial charge in [-0.3, -0.25) is 0 Å². The Morgan fingerprint density at radius 3 is 0.646 bits per heavy atom. The van der Waals surface area contributed by atoms with Crippen LogP contribution in [0.5, 0.6) is 0 Å². The largest absolute Gasteiger partial charge is 0.0999 e. The molecule has 0 heteroatoms. The number of hydrogen-bond donors (Lipinski definition) is 0. The summed E-state index contributed by atoms with van der Waals surface area (Å²) >= 11 is 0. The first-order chi connectivity index (χ1) is 23.2. The van der Waals surface area contributed by atoms with Crippen molar-refractivity contribution in [1.82, 2.24) is 0 Å². The molecule has 0 unspecified atom stereocenters. The smallest absolute Gasteiger partial charge is 0.0320 e. The first-order valence-corrected chi connectivity index (χ1v) is 21.2. The van der Waals surface area contributed by atoms with E-state index in [9.17, 15) is 0 Å². The van der Waals surface area contributed by atoms with E-state index in [4.69, 9.17) is 0 Å². The fourth-order valence-corrected chi connectivity index (χ4v) is 11.0. The fourth-order valence-electron chi connectivity index (χ4n) is 11.0. The van der Waals surface area contributed by atoms with Gasteiger partial charge in [0.05, 0.1) is 0 Å². The monoisotopic (exact) mass is 653 g/mol. The molecule has 0 spiro atoms. The van der Waals surface area contributed by atoms with Gasteiger partial charge >= 0.3 is 0 Å². The minimum absolute atomic E-state index is 0.976. The Kier molecular flexibility index (Phi) is 15.0. The Morgan fingerprint density at radius 2 is 0.458 bits per heavy atom. The summed E-state index contributed by atoms with van der Waals surface area (Å²) < 4.78 is 0. The molecule has 0 radical (unpaired) electrons. The standard InChI is InChI=1S/2C24H38/c2*1-18-4-10-21(11-5-18)16-24(23-14-8-20(3)9-15-23)17-22-12-6-19(2)7-13-22/h2*21-24H,1-17H2. The summed E-state index contributed by atoms with van der Waals surface area (Å²) in [5.41, 5.74) is 9.02. The summed E-state index contributed by atoms with van der Waals surface area (Å²) in [5, 5.41) is 0. The highest BCUT2D eigenvalue weighted by Gasteiger charge is 2.32. The lowest BCUT2D eigenvalue weighted by Crippen LogP contribution is -2.25. The molecular formula is C48H76. The molecule has 0 aromatic heterocycles. The topological polar surface area (TPSA) is 0 Å². The van der Waals surface area contributed by atoms with Crippen molar-refractivity contribution in [3.05, 3.63) is 72.9 Å². The predicted octanol–water partition coefficient (Wildman–Crippen LogP) is 15.2. The van der Waals surface area contributed by atoms with Gasteiger partial charge in [0.2, 0.25) is 0 Å². The first kappa shape index (κ1) is 37.7. The molecule has 0 saturated heterocycles. The van der Waals surface area contributed by atoms with E-state index in [1.54, 1.807) is 0 Å². The quantitative estimate of drug-likeness (QED) is 0.206. The van der Waals surface area contributed by atoms with Crippen LogP contribution in [-0.4, -0.2) is 0 Å². The summed E-state index contributed by atoms with van der Waals surface area (Å²) in [5.74, 6) is 7.81. The maximum absolute atomic E-state index is 4.24. The Morgan fingerprint density at radius 1 is 0.292 bits per heavy atom. The second kappa shape index (κ2) is 19.2. The van der Waals surface area contributed by atoms with E-state index in [0.29, 0.717) is 0 Å². The van der Waals surface area contributed by atoms with Crippen molar-refractivity contribution in [2.24, 2.45) is 47.3 Å². The summed E-state index contributed by atoms with van der Waals surface area (Å²) in [6.07, 6.45) is 38.5. The van der Waals surface area contributed by atoms with Gasteiger partial charge in [-0.25, -0.2) is 0 Å². The van der Waals surface area contributed by atoms with Gasteiger partial charge in [-0.1, -0.05) is 72.9 Å². The number of hydrogen-bond acceptors (Lipinski definition) is 0. The summed E-state index contributed by atoms with van der Waals surface area (Å²) in [4.78, 5) is 0. The Hall–Kier alpha value is -1.56. The van der Waals surface area contributed by atoms with Crippen LogP contribution >= 0.6 is 0 Å². The molecule has 0 bridgehead atoms. The van der Waals surface area contributed by atoms with Gasteiger partial charge in [0.25, 0.3) is 0 Å². The third kappa shape index (κ3) is 12.3. The van der Waals surface area contributed by atoms with Crippen LogP contribution in [0.25, 0.3) is 0 Å². The summed E-state index contributed by atoms with van der Waals surface area (Å²) in [6, 6.07) is 0. The molecule has 6 aliphatic carbocycles. The van der Waals surface area contributed by atoms with Gasteiger partial charge in [0.1, 0.15) is 0 Å². The molecule has 268 valence electrons. The van der Waals surface area contributed by atoms with Crippen LogP contribution in [0.2, 0.25) is 0 Å². The lowest BCUT2D eigenvalue weighted by molar-refractivity contribution is 0.167. The van der Waals surface area contributed by atoms with Crippen LogP contribution in [0.4, 0.5) is 0 Å². The molecule has 0 heterocycles. The van der Waals surface area contributed by atoms with Crippen molar-refractivity contribution in [1.29, 1.82) is 0 Å². The first-order valence-electron chi connectivity index (χ1n) is 21.2. The van der Waals surface area contributed by atoms with E-state index in [-0.39, 0.29) is 0 Å². The van der Waals surface area contributed by atoms with Gasteiger partial charge in [-0.15, -0.1) is 0 Å². The van der Waals surface area contributed by atoms with Gasteiger partial charge < -0.3 is 0 Å². The number of rotatable bonds is 10. The van der Waals surface area contributed by atoms with E-state index in [1.807, 2.05) is 0 Å². The van der Waals surface area contributed by atoms with Gasteiger partial charge in [0.15, 0.2) is 0 Å². The van der Waals surface area contributed by atoms with Gasteiger partial charge in [-0.05, 0) is 227 Å². The second-order valence-electron chi connectivity index (χ2n) is 18.4. The molecule has 6 saturated carbocycles. The summed E-state index contributed by atoms with van der Waals surface area (Å²) in [7, 11) is 0. The molecule has 6 fully saturated rings. The predicted molar refractivity (Wildman–Crippen MR) is 212 cm³/mol. The average molecular weight is 653 g/mol. The van der Waals surface area contributed by atoms with E-state index in [1.165, 1.54) is 213 Å². The third-order valence-electron chi connectivity index (χ3n) is 14.6. The fraction of sp³-hybridized carbons (Fsp3) is 0.750. The van der Waals surface area contributed by atoms with Crippen LogP contribution in [0, 0.1) is 47.3 Å². The molecule has 0 nitrogen and oxygen atoms in total. The molecule has 0 aliphatic heterocycles. The molecule has 48 heavy (non-hydrogen) atoms. The van der Waals surface area contributed by atoms with E-state index >= 15 is 0 Å². The third-order valence-corrected chi connectivity index (χ3v) is 14.6. The van der Waals surface area contributed by atoms with Crippen LogP contribution in [0.3, 0.4) is 0 Å². The lowest BCUT2D eigenvalue weighted by atomic mass is 9.68. The molecule has 0 atom stereocenters. The normalized spacial score (nSPS) is 25.6. The van der Waals surface area contributed by atoms with Crippen molar-refractivity contribution in [3.63, 3.8) is 0 Å². The van der Waals surface area contributed by atoms with Crippen molar-refractivity contribution in [3.8, 4) is 0 Å². The van der Waals surface area contributed by atoms with Crippen molar-refractivity contribution in [2.45, 2.75) is 180 Å². The van der Waals surface area contributed by atoms with Crippen molar-refractivity contribution >= 4 is 0 Å². The van der Waals surface area contributed by atoms with Crippen LogP contribution < -0.4 is 0 Å². The zero-order valence-electron chi connectivity index (χ0n) is 31.7. The van der Waals surface area contributed by atoms with E-state index < -0.39 is 0 Å². The minimum Gasteiger partial charge on any atom is -0.0999 e. The van der Waals surface area contributed by atoms with Gasteiger partial charge in [-0.2, -0.15) is 0 Å². The highest BCUT2D eigenvalue weighted by atomic mass is 14.4. The van der Waals surface area contributed by atoms with Crippen molar-refractivity contribution in [2.75, 3.05) is 0 Å². The Balaban J connectivity index is 0.000000188. The van der Waals surface area contributed by atoms with Crippen molar-refractivity contribution < 1.29 is 0 Å². The molecule has 6 aliphatic rings. The molecular weight excluding hydrogens is 577 g/mol. The van der Waals surface area contributed by atoms with Crippen LogP contribution in [0.1, 0.15) is 180 Å². The van der Waals surface area contributed by atoms with E-state index in [2.05, 4.69) is 39.5 Å². The maximum Gasteiger partial charge on any atom is -0.0320 e.